The summed E-state index contributed by atoms with van der Waals surface area (Å²) in [6.07, 6.45) is 3.29. The van der Waals surface area contributed by atoms with Crippen LogP contribution in [0.15, 0.2) is 17.0 Å². The van der Waals surface area contributed by atoms with Crippen LogP contribution in [0.1, 0.15) is 26.7 Å². The number of anilines is 2. The van der Waals surface area contributed by atoms with Gasteiger partial charge in [0.25, 0.3) is 5.95 Å². The SMILES string of the molecule is CN(C)c1noc(CNc2ncnc3c2cnn3C(C)(C)C)n1. The first-order valence-corrected chi connectivity index (χ1v) is 7.29. The van der Waals surface area contributed by atoms with Crippen LogP contribution in [0, 0.1) is 0 Å². The Hall–Kier alpha value is -2.71. The Kier molecular flexibility index (Phi) is 3.63. The molecule has 23 heavy (non-hydrogen) atoms. The van der Waals surface area contributed by atoms with E-state index < -0.39 is 0 Å². The van der Waals surface area contributed by atoms with E-state index in [-0.39, 0.29) is 5.54 Å². The van der Waals surface area contributed by atoms with E-state index in [0.717, 1.165) is 11.0 Å². The lowest BCUT2D eigenvalue weighted by atomic mass is 10.1. The molecule has 9 nitrogen and oxygen atoms in total. The number of hydrogen-bond acceptors (Lipinski definition) is 8. The van der Waals surface area contributed by atoms with Crippen molar-refractivity contribution in [1.82, 2.24) is 29.9 Å². The van der Waals surface area contributed by atoms with Crippen molar-refractivity contribution in [1.29, 1.82) is 0 Å². The van der Waals surface area contributed by atoms with Gasteiger partial charge in [-0.2, -0.15) is 10.1 Å². The van der Waals surface area contributed by atoms with Crippen LogP contribution in [0.25, 0.3) is 11.0 Å². The number of hydrogen-bond donors (Lipinski definition) is 1. The summed E-state index contributed by atoms with van der Waals surface area (Å²) in [5.74, 6) is 1.72. The minimum atomic E-state index is -0.152. The summed E-state index contributed by atoms with van der Waals surface area (Å²) >= 11 is 0. The molecule has 0 saturated heterocycles. The Bertz CT molecular complexity index is 814. The van der Waals surface area contributed by atoms with Crippen molar-refractivity contribution in [3.63, 3.8) is 0 Å². The fourth-order valence-electron chi connectivity index (χ4n) is 2.13. The summed E-state index contributed by atoms with van der Waals surface area (Å²) in [6, 6.07) is 0. The fraction of sp³-hybridized carbons (Fsp3) is 0.500. The van der Waals surface area contributed by atoms with Crippen molar-refractivity contribution in [2.75, 3.05) is 24.3 Å². The van der Waals surface area contributed by atoms with Crippen molar-refractivity contribution in [3.8, 4) is 0 Å². The molecule has 0 fully saturated rings. The Morgan fingerprint density at radius 2 is 2.04 bits per heavy atom. The van der Waals surface area contributed by atoms with Gasteiger partial charge in [0, 0.05) is 14.1 Å². The van der Waals surface area contributed by atoms with Crippen LogP contribution < -0.4 is 10.2 Å². The van der Waals surface area contributed by atoms with Crippen LogP contribution >= 0.6 is 0 Å². The number of rotatable bonds is 4. The molecule has 0 unspecified atom stereocenters. The lowest BCUT2D eigenvalue weighted by Crippen LogP contribution is -2.23. The van der Waals surface area contributed by atoms with E-state index in [2.05, 4.69) is 51.3 Å². The highest BCUT2D eigenvalue weighted by Crippen LogP contribution is 2.24. The molecule has 9 heteroatoms. The van der Waals surface area contributed by atoms with E-state index in [1.165, 1.54) is 6.33 Å². The molecule has 1 N–H and O–H groups in total. The first-order valence-electron chi connectivity index (χ1n) is 7.29. The minimum Gasteiger partial charge on any atom is -0.360 e. The molecular weight excluding hydrogens is 296 g/mol. The molecule has 0 aromatic carbocycles. The van der Waals surface area contributed by atoms with Crippen LogP contribution in [0.5, 0.6) is 0 Å². The molecule has 3 aromatic rings. The van der Waals surface area contributed by atoms with Crippen LogP contribution in [0.3, 0.4) is 0 Å². The molecule has 0 atom stereocenters. The van der Waals surface area contributed by atoms with Crippen LogP contribution in [-0.2, 0) is 12.1 Å². The minimum absolute atomic E-state index is 0.152. The van der Waals surface area contributed by atoms with Gasteiger partial charge in [-0.05, 0) is 25.9 Å². The molecule has 0 aliphatic rings. The number of nitrogens with one attached hydrogen (secondary N) is 1. The molecule has 3 heterocycles. The van der Waals surface area contributed by atoms with Crippen molar-refractivity contribution >= 4 is 22.8 Å². The zero-order valence-electron chi connectivity index (χ0n) is 13.9. The Morgan fingerprint density at radius 1 is 1.26 bits per heavy atom. The second-order valence-corrected chi connectivity index (χ2v) is 6.42. The third-order valence-corrected chi connectivity index (χ3v) is 3.27. The van der Waals surface area contributed by atoms with Crippen molar-refractivity contribution in [3.05, 3.63) is 18.4 Å². The Balaban J connectivity index is 1.84. The molecule has 122 valence electrons. The number of fused-ring (bicyclic) bond motifs is 1. The van der Waals surface area contributed by atoms with Gasteiger partial charge in [0.2, 0.25) is 5.89 Å². The van der Waals surface area contributed by atoms with Gasteiger partial charge in [-0.15, -0.1) is 0 Å². The van der Waals surface area contributed by atoms with E-state index in [9.17, 15) is 0 Å². The molecular formula is C14H20N8O. The lowest BCUT2D eigenvalue weighted by molar-refractivity contribution is 0.366. The van der Waals surface area contributed by atoms with Gasteiger partial charge < -0.3 is 14.7 Å². The quantitative estimate of drug-likeness (QED) is 0.775. The highest BCUT2D eigenvalue weighted by Gasteiger charge is 2.19. The maximum atomic E-state index is 5.19. The highest BCUT2D eigenvalue weighted by atomic mass is 16.5. The lowest BCUT2D eigenvalue weighted by Gasteiger charge is -2.19. The first-order chi connectivity index (χ1) is 10.9. The van der Waals surface area contributed by atoms with Gasteiger partial charge >= 0.3 is 0 Å². The first kappa shape index (κ1) is 15.2. The topological polar surface area (TPSA) is 97.8 Å². The zero-order valence-corrected chi connectivity index (χ0v) is 13.9. The molecule has 0 spiro atoms. The molecule has 0 aliphatic carbocycles. The normalized spacial score (nSPS) is 11.9. The molecule has 0 bridgehead atoms. The van der Waals surface area contributed by atoms with Crippen LogP contribution in [0.2, 0.25) is 0 Å². The van der Waals surface area contributed by atoms with E-state index in [1.54, 1.807) is 11.1 Å². The third-order valence-electron chi connectivity index (χ3n) is 3.27. The third kappa shape index (κ3) is 2.94. The summed E-state index contributed by atoms with van der Waals surface area (Å²) in [4.78, 5) is 14.7. The zero-order chi connectivity index (χ0) is 16.6. The van der Waals surface area contributed by atoms with Gasteiger partial charge in [0.1, 0.15) is 12.1 Å². The van der Waals surface area contributed by atoms with Crippen molar-refractivity contribution < 1.29 is 4.52 Å². The summed E-state index contributed by atoms with van der Waals surface area (Å²) in [5.41, 5.74) is 0.634. The predicted octanol–water partition coefficient (Wildman–Crippen LogP) is 1.64. The van der Waals surface area contributed by atoms with E-state index in [4.69, 9.17) is 4.52 Å². The Morgan fingerprint density at radius 3 is 2.70 bits per heavy atom. The fourth-order valence-corrected chi connectivity index (χ4v) is 2.13. The number of nitrogens with zero attached hydrogens (tertiary/aromatic N) is 7. The van der Waals surface area contributed by atoms with Gasteiger partial charge in [-0.3, -0.25) is 0 Å². The summed E-state index contributed by atoms with van der Waals surface area (Å²) in [5, 5.41) is 12.4. The predicted molar refractivity (Wildman–Crippen MR) is 86.3 cm³/mol. The smallest absolute Gasteiger partial charge is 0.265 e. The van der Waals surface area contributed by atoms with Crippen LogP contribution in [0.4, 0.5) is 11.8 Å². The molecule has 0 aliphatic heterocycles. The van der Waals surface area contributed by atoms with Crippen molar-refractivity contribution in [2.45, 2.75) is 32.9 Å². The second-order valence-electron chi connectivity index (χ2n) is 6.42. The molecule has 0 radical (unpaired) electrons. The van der Waals surface area contributed by atoms with Gasteiger partial charge in [-0.25, -0.2) is 14.6 Å². The van der Waals surface area contributed by atoms with Crippen molar-refractivity contribution in [2.24, 2.45) is 0 Å². The summed E-state index contributed by atoms with van der Waals surface area (Å²) < 4.78 is 7.07. The molecule has 0 amide bonds. The highest BCUT2D eigenvalue weighted by molar-refractivity contribution is 5.86. The van der Waals surface area contributed by atoms with E-state index in [0.29, 0.717) is 24.2 Å². The van der Waals surface area contributed by atoms with Gasteiger partial charge in [-0.1, -0.05) is 0 Å². The summed E-state index contributed by atoms with van der Waals surface area (Å²) in [7, 11) is 3.72. The van der Waals surface area contributed by atoms with Crippen LogP contribution in [-0.4, -0.2) is 44.0 Å². The monoisotopic (exact) mass is 316 g/mol. The largest absolute Gasteiger partial charge is 0.360 e. The molecule has 3 rings (SSSR count). The molecule has 3 aromatic heterocycles. The maximum absolute atomic E-state index is 5.19. The Labute approximate surface area is 133 Å². The average Bonchev–Trinajstić information content (AvgIpc) is 3.11. The molecule has 0 saturated carbocycles. The standard InChI is InChI=1S/C14H20N8O/c1-14(2,3)22-12-9(6-18-22)11(16-8-17-12)15-7-10-19-13(20-23-10)21(4)5/h6,8H,7H2,1-5H3,(H,15,16,17). The van der Waals surface area contributed by atoms with E-state index in [1.807, 2.05) is 18.8 Å². The summed E-state index contributed by atoms with van der Waals surface area (Å²) in [6.45, 7) is 6.62. The number of aromatic nitrogens is 6. The second kappa shape index (κ2) is 5.49. The van der Waals surface area contributed by atoms with Gasteiger partial charge in [0.05, 0.1) is 23.7 Å². The van der Waals surface area contributed by atoms with E-state index >= 15 is 0 Å². The average molecular weight is 316 g/mol. The maximum Gasteiger partial charge on any atom is 0.265 e. The van der Waals surface area contributed by atoms with Gasteiger partial charge in [0.15, 0.2) is 5.65 Å².